The van der Waals surface area contributed by atoms with Gasteiger partial charge >= 0.3 is 6.09 Å². The van der Waals surface area contributed by atoms with Crippen LogP contribution in [-0.2, 0) is 16.1 Å². The summed E-state index contributed by atoms with van der Waals surface area (Å²) in [6, 6.07) is 9.71. The number of piperidine rings is 1. The first kappa shape index (κ1) is 20.4. The zero-order valence-corrected chi connectivity index (χ0v) is 15.6. The van der Waals surface area contributed by atoms with Crippen molar-refractivity contribution in [1.82, 2.24) is 4.90 Å². The first-order valence-corrected chi connectivity index (χ1v) is 8.84. The fraction of sp³-hybridized carbons (Fsp3) is 0.550. The summed E-state index contributed by atoms with van der Waals surface area (Å²) in [6.45, 7) is 5.59. The van der Waals surface area contributed by atoms with Crippen molar-refractivity contribution in [2.24, 2.45) is 0 Å². The van der Waals surface area contributed by atoms with Crippen molar-refractivity contribution < 1.29 is 23.0 Å². The molecule has 0 atom stereocenters. The number of ether oxygens (including phenoxy) is 2. The molecule has 6 heteroatoms. The van der Waals surface area contributed by atoms with Gasteiger partial charge in [0.25, 0.3) is 5.92 Å². The Kier molecular flexibility index (Phi) is 6.75. The minimum atomic E-state index is -3.03. The van der Waals surface area contributed by atoms with Gasteiger partial charge in [-0.2, -0.15) is 8.78 Å². The van der Waals surface area contributed by atoms with E-state index in [1.807, 2.05) is 30.3 Å². The van der Waals surface area contributed by atoms with Gasteiger partial charge in [0.05, 0.1) is 19.8 Å². The number of amides is 1. The molecule has 0 N–H and O–H groups in total. The Balaban J connectivity index is 1.80. The maximum absolute atomic E-state index is 14.3. The van der Waals surface area contributed by atoms with Crippen molar-refractivity contribution in [3.63, 3.8) is 0 Å². The fourth-order valence-electron chi connectivity index (χ4n) is 2.67. The van der Waals surface area contributed by atoms with E-state index < -0.39 is 24.2 Å². The van der Waals surface area contributed by atoms with Crippen LogP contribution in [0.25, 0.3) is 0 Å². The van der Waals surface area contributed by atoms with E-state index in [0.717, 1.165) is 10.5 Å². The number of likely N-dealkylation sites (tertiary alicyclic amines) is 1. The Morgan fingerprint density at radius 1 is 1.27 bits per heavy atom. The summed E-state index contributed by atoms with van der Waals surface area (Å²) in [5.41, 5.74) is 0.426. The Morgan fingerprint density at radius 3 is 2.58 bits per heavy atom. The smallest absolute Gasteiger partial charge is 0.410 e. The number of carbonyl (C=O) groups excluding carboxylic acids is 1. The quantitative estimate of drug-likeness (QED) is 0.554. The number of nitrogens with zero attached hydrogens (tertiary/aromatic N) is 1. The highest BCUT2D eigenvalue weighted by atomic mass is 19.3. The Labute approximate surface area is 153 Å². The predicted octanol–water partition coefficient (Wildman–Crippen LogP) is 4.80. The second-order valence-electron chi connectivity index (χ2n) is 7.41. The van der Waals surface area contributed by atoms with Crippen molar-refractivity contribution in [3.05, 3.63) is 47.5 Å². The molecular formula is C20H27F2NO3. The number of benzene rings is 1. The van der Waals surface area contributed by atoms with Crippen molar-refractivity contribution in [1.29, 1.82) is 0 Å². The third-order valence-electron chi connectivity index (χ3n) is 3.93. The number of alkyl halides is 2. The van der Waals surface area contributed by atoms with Crippen LogP contribution in [0.2, 0.25) is 0 Å². The van der Waals surface area contributed by atoms with Crippen LogP contribution in [0.3, 0.4) is 0 Å². The maximum Gasteiger partial charge on any atom is 0.410 e. The Morgan fingerprint density at radius 2 is 1.96 bits per heavy atom. The topological polar surface area (TPSA) is 38.8 Å². The number of hydrogen-bond donors (Lipinski definition) is 0. The number of halogens is 2. The minimum absolute atomic E-state index is 0.0700. The highest BCUT2D eigenvalue weighted by molar-refractivity contribution is 5.68. The third kappa shape index (κ3) is 6.41. The molecule has 0 saturated carbocycles. The summed E-state index contributed by atoms with van der Waals surface area (Å²) in [4.78, 5) is 13.1. The summed E-state index contributed by atoms with van der Waals surface area (Å²) < 4.78 is 39.3. The lowest BCUT2D eigenvalue weighted by atomic mass is 9.99. The molecule has 1 fully saturated rings. The van der Waals surface area contributed by atoms with E-state index in [2.05, 4.69) is 0 Å². The molecule has 144 valence electrons. The lowest BCUT2D eigenvalue weighted by molar-refractivity contribution is -0.0349. The van der Waals surface area contributed by atoms with Crippen LogP contribution >= 0.6 is 0 Å². The van der Waals surface area contributed by atoms with Gasteiger partial charge in [-0.1, -0.05) is 36.4 Å². The first-order chi connectivity index (χ1) is 12.2. The highest BCUT2D eigenvalue weighted by Gasteiger charge is 2.42. The molecule has 1 amide bonds. The zero-order valence-electron chi connectivity index (χ0n) is 15.6. The average Bonchev–Trinajstić information content (AvgIpc) is 2.54. The Bertz CT molecular complexity index is 624. The van der Waals surface area contributed by atoms with Gasteiger partial charge < -0.3 is 14.4 Å². The van der Waals surface area contributed by atoms with Gasteiger partial charge in [0.2, 0.25) is 0 Å². The van der Waals surface area contributed by atoms with Gasteiger partial charge in [-0.3, -0.25) is 0 Å². The molecule has 1 aromatic rings. The van der Waals surface area contributed by atoms with Crippen LogP contribution in [0.1, 0.15) is 39.2 Å². The molecule has 0 aliphatic carbocycles. The van der Waals surface area contributed by atoms with E-state index >= 15 is 0 Å². The lowest BCUT2D eigenvalue weighted by Crippen LogP contribution is -2.48. The molecule has 1 heterocycles. The van der Waals surface area contributed by atoms with E-state index in [1.54, 1.807) is 20.8 Å². The van der Waals surface area contributed by atoms with Gasteiger partial charge in [-0.05, 0) is 44.7 Å². The molecule has 26 heavy (non-hydrogen) atoms. The van der Waals surface area contributed by atoms with E-state index in [9.17, 15) is 13.6 Å². The van der Waals surface area contributed by atoms with Crippen LogP contribution in [0, 0.1) is 0 Å². The fourth-order valence-corrected chi connectivity index (χ4v) is 2.67. The van der Waals surface area contributed by atoms with Crippen LogP contribution in [0.4, 0.5) is 13.6 Å². The van der Waals surface area contributed by atoms with E-state index in [-0.39, 0.29) is 18.5 Å². The second-order valence-corrected chi connectivity index (χ2v) is 7.41. The molecule has 0 aromatic heterocycles. The molecule has 0 spiro atoms. The average molecular weight is 367 g/mol. The normalized spacial score (nSPS) is 18.8. The number of rotatable bonds is 5. The van der Waals surface area contributed by atoms with Gasteiger partial charge in [0, 0.05) is 6.54 Å². The predicted molar refractivity (Wildman–Crippen MR) is 96.2 cm³/mol. The summed E-state index contributed by atoms with van der Waals surface area (Å²) in [7, 11) is 0. The highest BCUT2D eigenvalue weighted by Crippen LogP contribution is 2.33. The largest absolute Gasteiger partial charge is 0.444 e. The van der Waals surface area contributed by atoms with Crippen LogP contribution in [0.15, 0.2) is 42.0 Å². The van der Waals surface area contributed by atoms with Crippen molar-refractivity contribution in [3.8, 4) is 0 Å². The summed E-state index contributed by atoms with van der Waals surface area (Å²) in [5.74, 6) is -3.03. The Hall–Kier alpha value is -1.95. The maximum atomic E-state index is 14.3. The van der Waals surface area contributed by atoms with Crippen LogP contribution in [-0.4, -0.2) is 42.2 Å². The lowest BCUT2D eigenvalue weighted by Gasteiger charge is -2.35. The molecule has 4 nitrogen and oxygen atoms in total. The van der Waals surface area contributed by atoms with E-state index in [1.165, 1.54) is 6.08 Å². The molecule has 0 radical (unpaired) electrons. The number of carbonyl (C=O) groups is 1. The molecular weight excluding hydrogens is 340 g/mol. The summed E-state index contributed by atoms with van der Waals surface area (Å²) in [5, 5.41) is 0. The summed E-state index contributed by atoms with van der Waals surface area (Å²) >= 11 is 0. The molecule has 1 aromatic carbocycles. The van der Waals surface area contributed by atoms with Gasteiger partial charge in [0.15, 0.2) is 0 Å². The third-order valence-corrected chi connectivity index (χ3v) is 3.93. The minimum Gasteiger partial charge on any atom is -0.444 e. The van der Waals surface area contributed by atoms with Crippen molar-refractivity contribution in [2.75, 3.05) is 19.7 Å². The SMILES string of the molecule is CC(C)(C)OC(=O)N1CC/C(=C\CCOCc2ccccc2)C(F)(F)C1. The molecule has 1 saturated heterocycles. The zero-order chi connectivity index (χ0) is 19.2. The van der Waals surface area contributed by atoms with E-state index in [0.29, 0.717) is 19.6 Å². The van der Waals surface area contributed by atoms with Gasteiger partial charge in [-0.25, -0.2) is 4.79 Å². The van der Waals surface area contributed by atoms with E-state index in [4.69, 9.17) is 9.47 Å². The molecule has 0 bridgehead atoms. The first-order valence-electron chi connectivity index (χ1n) is 8.84. The van der Waals surface area contributed by atoms with Crippen molar-refractivity contribution in [2.45, 2.75) is 51.7 Å². The van der Waals surface area contributed by atoms with Gasteiger partial charge in [-0.15, -0.1) is 0 Å². The molecule has 2 rings (SSSR count). The van der Waals surface area contributed by atoms with Crippen LogP contribution in [0.5, 0.6) is 0 Å². The van der Waals surface area contributed by atoms with Crippen LogP contribution < -0.4 is 0 Å². The van der Waals surface area contributed by atoms with Gasteiger partial charge in [0.1, 0.15) is 5.60 Å². The number of hydrogen-bond acceptors (Lipinski definition) is 3. The monoisotopic (exact) mass is 367 g/mol. The summed E-state index contributed by atoms with van der Waals surface area (Å²) in [6.07, 6.45) is 1.41. The second kappa shape index (κ2) is 8.62. The molecule has 1 aliphatic heterocycles. The molecule has 1 aliphatic rings. The standard InChI is InChI=1S/C20H27F2NO3/c1-19(2,3)26-18(24)23-12-11-17(20(21,22)15-23)10-7-13-25-14-16-8-5-4-6-9-16/h4-6,8-10H,7,11-15H2,1-3H3/b17-10+. The molecule has 0 unspecified atom stereocenters. The van der Waals surface area contributed by atoms with Crippen molar-refractivity contribution >= 4 is 6.09 Å².